The molecule has 0 saturated carbocycles. The highest BCUT2D eigenvalue weighted by Crippen LogP contribution is 2.28. The Morgan fingerprint density at radius 2 is 2.35 bits per heavy atom. The van der Waals surface area contributed by atoms with Gasteiger partial charge < -0.3 is 15.2 Å². The fraction of sp³-hybridized carbons (Fsp3) is 0.333. The van der Waals surface area contributed by atoms with Crippen LogP contribution in [0.3, 0.4) is 0 Å². The van der Waals surface area contributed by atoms with E-state index in [0.29, 0.717) is 23.4 Å². The smallest absolute Gasteiger partial charge is 0.326 e. The van der Waals surface area contributed by atoms with Crippen LogP contribution in [-0.4, -0.2) is 24.2 Å². The monoisotopic (exact) mass is 234 g/mol. The molecular weight excluding hydrogens is 220 g/mol. The van der Waals surface area contributed by atoms with Crippen molar-refractivity contribution in [3.63, 3.8) is 0 Å². The summed E-state index contributed by atoms with van der Waals surface area (Å²) in [6.07, 6.45) is 0.415. The third-order valence-electron chi connectivity index (χ3n) is 2.39. The first-order valence-corrected chi connectivity index (χ1v) is 5.20. The van der Waals surface area contributed by atoms with Gasteiger partial charge in [0.25, 0.3) is 0 Å². The Labute approximate surface area is 99.6 Å². The largest absolute Gasteiger partial charge is 0.495 e. The van der Waals surface area contributed by atoms with Crippen LogP contribution < -0.4 is 10.1 Å². The summed E-state index contributed by atoms with van der Waals surface area (Å²) in [5.41, 5.74) is 0.788. The standard InChI is InChI=1S/C12H14N2O3/c1-3-9(12(15)16)14-11-8(7-13)5-4-6-10(11)17-2/h4-6,9,14H,3H2,1-2H3,(H,15,16). The minimum atomic E-state index is -0.956. The molecule has 17 heavy (non-hydrogen) atoms. The molecule has 0 heterocycles. The first-order valence-electron chi connectivity index (χ1n) is 5.20. The average Bonchev–Trinajstić information content (AvgIpc) is 2.35. The van der Waals surface area contributed by atoms with Gasteiger partial charge in [0.05, 0.1) is 18.4 Å². The number of ether oxygens (including phenoxy) is 1. The molecule has 0 bridgehead atoms. The Balaban J connectivity index is 3.11. The van der Waals surface area contributed by atoms with Gasteiger partial charge in [0, 0.05) is 0 Å². The number of carbonyl (C=O) groups is 1. The zero-order chi connectivity index (χ0) is 12.8. The molecule has 0 amide bonds. The molecule has 5 heteroatoms. The summed E-state index contributed by atoms with van der Waals surface area (Å²) < 4.78 is 5.11. The summed E-state index contributed by atoms with van der Waals surface area (Å²) in [6.45, 7) is 1.76. The normalized spacial score (nSPS) is 11.4. The molecule has 0 aromatic heterocycles. The third-order valence-corrected chi connectivity index (χ3v) is 2.39. The first-order chi connectivity index (χ1) is 8.13. The van der Waals surface area contributed by atoms with Crippen molar-refractivity contribution in [1.82, 2.24) is 0 Å². The molecule has 90 valence electrons. The molecule has 1 aromatic carbocycles. The van der Waals surface area contributed by atoms with E-state index in [1.807, 2.05) is 6.07 Å². The van der Waals surface area contributed by atoms with Gasteiger partial charge in [0.2, 0.25) is 0 Å². The number of para-hydroxylation sites is 1. The van der Waals surface area contributed by atoms with Crippen molar-refractivity contribution in [2.45, 2.75) is 19.4 Å². The van der Waals surface area contributed by atoms with Crippen LogP contribution in [0.25, 0.3) is 0 Å². The maximum Gasteiger partial charge on any atom is 0.326 e. The predicted octanol–water partition coefficient (Wildman–Crippen LogP) is 1.84. The minimum absolute atomic E-state index is 0.365. The maximum atomic E-state index is 10.9. The molecule has 0 radical (unpaired) electrons. The molecule has 1 aromatic rings. The zero-order valence-corrected chi connectivity index (χ0v) is 9.73. The number of methoxy groups -OCH3 is 1. The van der Waals surface area contributed by atoms with Crippen LogP contribution in [0.4, 0.5) is 5.69 Å². The van der Waals surface area contributed by atoms with Crippen molar-refractivity contribution < 1.29 is 14.6 Å². The van der Waals surface area contributed by atoms with Crippen LogP contribution >= 0.6 is 0 Å². The molecule has 5 nitrogen and oxygen atoms in total. The Kier molecular flexibility index (Phi) is 4.35. The fourth-order valence-corrected chi connectivity index (χ4v) is 1.46. The van der Waals surface area contributed by atoms with Gasteiger partial charge in [-0.2, -0.15) is 5.26 Å². The van der Waals surface area contributed by atoms with Crippen LogP contribution in [0.5, 0.6) is 5.75 Å². The lowest BCUT2D eigenvalue weighted by atomic mass is 10.1. The van der Waals surface area contributed by atoms with Gasteiger partial charge >= 0.3 is 5.97 Å². The molecule has 0 saturated heterocycles. The summed E-state index contributed by atoms with van der Waals surface area (Å²) in [5.74, 6) is -0.494. The van der Waals surface area contributed by atoms with Crippen LogP contribution in [0.2, 0.25) is 0 Å². The number of hydrogen-bond acceptors (Lipinski definition) is 4. The van der Waals surface area contributed by atoms with E-state index in [1.54, 1.807) is 25.1 Å². The number of nitrogens with zero attached hydrogens (tertiary/aromatic N) is 1. The van der Waals surface area contributed by atoms with Crippen LogP contribution in [-0.2, 0) is 4.79 Å². The Morgan fingerprint density at radius 3 is 2.82 bits per heavy atom. The minimum Gasteiger partial charge on any atom is -0.495 e. The van der Waals surface area contributed by atoms with Gasteiger partial charge in [-0.3, -0.25) is 0 Å². The van der Waals surface area contributed by atoms with Gasteiger partial charge in [-0.15, -0.1) is 0 Å². The third kappa shape index (κ3) is 2.88. The summed E-state index contributed by atoms with van der Waals surface area (Å²) in [5, 5.41) is 20.8. The second-order valence-electron chi connectivity index (χ2n) is 3.44. The van der Waals surface area contributed by atoms with Gasteiger partial charge in [-0.25, -0.2) is 4.79 Å². The lowest BCUT2D eigenvalue weighted by Gasteiger charge is -2.17. The molecule has 0 aliphatic heterocycles. The van der Waals surface area contributed by atoms with Crippen molar-refractivity contribution >= 4 is 11.7 Å². The molecule has 1 rings (SSSR count). The van der Waals surface area contributed by atoms with Crippen LogP contribution in [0.15, 0.2) is 18.2 Å². The Morgan fingerprint density at radius 1 is 1.65 bits per heavy atom. The van der Waals surface area contributed by atoms with Crippen molar-refractivity contribution in [2.24, 2.45) is 0 Å². The molecular formula is C12H14N2O3. The van der Waals surface area contributed by atoms with Gasteiger partial charge in [0.15, 0.2) is 0 Å². The van der Waals surface area contributed by atoms with Crippen molar-refractivity contribution in [2.75, 3.05) is 12.4 Å². The maximum absolute atomic E-state index is 10.9. The number of carboxylic acid groups (broad SMARTS) is 1. The SMILES string of the molecule is CCC(Nc1c(C#N)cccc1OC)C(=O)O. The van der Waals surface area contributed by atoms with Crippen LogP contribution in [0, 0.1) is 11.3 Å². The van der Waals surface area contributed by atoms with E-state index in [0.717, 1.165) is 0 Å². The second-order valence-corrected chi connectivity index (χ2v) is 3.44. The first kappa shape index (κ1) is 12.8. The van der Waals surface area contributed by atoms with Gasteiger partial charge in [-0.1, -0.05) is 13.0 Å². The van der Waals surface area contributed by atoms with Gasteiger partial charge in [0.1, 0.15) is 17.9 Å². The molecule has 1 atom stereocenters. The molecule has 0 spiro atoms. The number of nitriles is 1. The van der Waals surface area contributed by atoms with Gasteiger partial charge in [-0.05, 0) is 18.6 Å². The highest BCUT2D eigenvalue weighted by Gasteiger charge is 2.18. The molecule has 2 N–H and O–H groups in total. The average molecular weight is 234 g/mol. The number of carboxylic acids is 1. The predicted molar refractivity (Wildman–Crippen MR) is 63.0 cm³/mol. The van der Waals surface area contributed by atoms with E-state index in [-0.39, 0.29) is 0 Å². The van der Waals surface area contributed by atoms with Crippen LogP contribution in [0.1, 0.15) is 18.9 Å². The number of anilines is 1. The molecule has 0 aliphatic carbocycles. The lowest BCUT2D eigenvalue weighted by Crippen LogP contribution is -2.28. The number of nitrogens with one attached hydrogen (secondary N) is 1. The summed E-state index contributed by atoms with van der Waals surface area (Å²) in [6, 6.07) is 6.24. The fourth-order valence-electron chi connectivity index (χ4n) is 1.46. The molecule has 0 aliphatic rings. The highest BCUT2D eigenvalue weighted by molar-refractivity contribution is 5.79. The summed E-state index contributed by atoms with van der Waals surface area (Å²) >= 11 is 0. The number of hydrogen-bond donors (Lipinski definition) is 2. The second kappa shape index (κ2) is 5.75. The van der Waals surface area contributed by atoms with E-state index in [2.05, 4.69) is 5.32 Å². The zero-order valence-electron chi connectivity index (χ0n) is 9.73. The lowest BCUT2D eigenvalue weighted by molar-refractivity contribution is -0.137. The van der Waals surface area contributed by atoms with Crippen molar-refractivity contribution in [1.29, 1.82) is 5.26 Å². The van der Waals surface area contributed by atoms with E-state index in [1.165, 1.54) is 7.11 Å². The topological polar surface area (TPSA) is 82.3 Å². The number of benzene rings is 1. The van der Waals surface area contributed by atoms with E-state index in [9.17, 15) is 4.79 Å². The van der Waals surface area contributed by atoms with E-state index in [4.69, 9.17) is 15.1 Å². The van der Waals surface area contributed by atoms with Crippen molar-refractivity contribution in [3.8, 4) is 11.8 Å². The number of aliphatic carboxylic acids is 1. The summed E-state index contributed by atoms with van der Waals surface area (Å²) in [7, 11) is 1.48. The Bertz CT molecular complexity index is 452. The van der Waals surface area contributed by atoms with Crippen molar-refractivity contribution in [3.05, 3.63) is 23.8 Å². The molecule has 0 fully saturated rings. The summed E-state index contributed by atoms with van der Waals surface area (Å²) in [4.78, 5) is 10.9. The quantitative estimate of drug-likeness (QED) is 0.812. The number of rotatable bonds is 5. The van der Waals surface area contributed by atoms with E-state index < -0.39 is 12.0 Å². The van der Waals surface area contributed by atoms with E-state index >= 15 is 0 Å². The Hall–Kier alpha value is -2.22. The highest BCUT2D eigenvalue weighted by atomic mass is 16.5. The molecule has 1 unspecified atom stereocenters.